The number of benzene rings is 2. The molecule has 0 aliphatic heterocycles. The summed E-state index contributed by atoms with van der Waals surface area (Å²) in [5, 5.41) is 3.70. The van der Waals surface area contributed by atoms with Gasteiger partial charge in [0.15, 0.2) is 0 Å². The van der Waals surface area contributed by atoms with Gasteiger partial charge >= 0.3 is 0 Å². The molecule has 0 aliphatic rings. The summed E-state index contributed by atoms with van der Waals surface area (Å²) in [6.45, 7) is 8.00. The predicted octanol–water partition coefficient (Wildman–Crippen LogP) is 6.31. The zero-order valence-electron chi connectivity index (χ0n) is 18.5. The SMILES string of the molecule is C[C@H](C(=O)NC(C)(C)C)N(Cc1ccc(Br)cc1)C(=O)CCCSc1ccc(Cl)cc1. The highest BCUT2D eigenvalue weighted by atomic mass is 79.9. The van der Waals surface area contributed by atoms with Crippen molar-refractivity contribution >= 4 is 51.1 Å². The van der Waals surface area contributed by atoms with Crippen LogP contribution in [0.25, 0.3) is 0 Å². The van der Waals surface area contributed by atoms with Crippen molar-refractivity contribution in [3.63, 3.8) is 0 Å². The van der Waals surface area contributed by atoms with E-state index in [0.29, 0.717) is 18.0 Å². The van der Waals surface area contributed by atoms with Crippen molar-refractivity contribution in [2.24, 2.45) is 0 Å². The van der Waals surface area contributed by atoms with Gasteiger partial charge in [-0.25, -0.2) is 0 Å². The van der Waals surface area contributed by atoms with Crippen LogP contribution in [-0.4, -0.2) is 34.0 Å². The molecule has 0 bridgehead atoms. The van der Waals surface area contributed by atoms with Gasteiger partial charge in [0.1, 0.15) is 6.04 Å². The fraction of sp³-hybridized carbons (Fsp3) is 0.417. The Balaban J connectivity index is 2.01. The summed E-state index contributed by atoms with van der Waals surface area (Å²) in [6, 6.07) is 15.0. The maximum atomic E-state index is 13.1. The third-order valence-electron chi connectivity index (χ3n) is 4.55. The van der Waals surface area contributed by atoms with E-state index in [9.17, 15) is 9.59 Å². The van der Waals surface area contributed by atoms with Crippen molar-refractivity contribution in [3.05, 3.63) is 63.6 Å². The molecule has 0 heterocycles. The van der Waals surface area contributed by atoms with Crippen LogP contribution in [0, 0.1) is 0 Å². The van der Waals surface area contributed by atoms with Crippen molar-refractivity contribution in [2.75, 3.05) is 5.75 Å². The molecule has 4 nitrogen and oxygen atoms in total. The maximum Gasteiger partial charge on any atom is 0.242 e. The van der Waals surface area contributed by atoms with Gasteiger partial charge < -0.3 is 10.2 Å². The molecule has 2 aromatic carbocycles. The lowest BCUT2D eigenvalue weighted by atomic mass is 10.1. The Morgan fingerprint density at radius 2 is 1.71 bits per heavy atom. The summed E-state index contributed by atoms with van der Waals surface area (Å²) in [6.07, 6.45) is 1.13. The molecule has 0 spiro atoms. The Morgan fingerprint density at radius 3 is 2.29 bits per heavy atom. The average molecular weight is 526 g/mol. The minimum atomic E-state index is -0.556. The highest BCUT2D eigenvalue weighted by molar-refractivity contribution is 9.10. The van der Waals surface area contributed by atoms with Gasteiger partial charge in [-0.05, 0) is 81.8 Å². The highest BCUT2D eigenvalue weighted by Crippen LogP contribution is 2.22. The molecule has 2 aromatic rings. The lowest BCUT2D eigenvalue weighted by Gasteiger charge is -2.31. The van der Waals surface area contributed by atoms with Crippen molar-refractivity contribution in [2.45, 2.75) is 63.6 Å². The summed E-state index contributed by atoms with van der Waals surface area (Å²) < 4.78 is 0.979. The molecule has 2 rings (SSSR count). The molecule has 1 N–H and O–H groups in total. The number of thioether (sulfide) groups is 1. The number of carbonyl (C=O) groups excluding carboxylic acids is 2. The maximum absolute atomic E-state index is 13.1. The van der Waals surface area contributed by atoms with Crippen molar-refractivity contribution in [1.29, 1.82) is 0 Å². The van der Waals surface area contributed by atoms with E-state index in [2.05, 4.69) is 21.2 Å². The van der Waals surface area contributed by atoms with Gasteiger partial charge in [0.2, 0.25) is 11.8 Å². The van der Waals surface area contributed by atoms with Crippen LogP contribution in [0.1, 0.15) is 46.1 Å². The van der Waals surface area contributed by atoms with Gasteiger partial charge in [-0.2, -0.15) is 0 Å². The zero-order chi connectivity index (χ0) is 23.0. The van der Waals surface area contributed by atoms with Gasteiger partial charge in [0.25, 0.3) is 0 Å². The van der Waals surface area contributed by atoms with Crippen LogP contribution < -0.4 is 5.32 Å². The summed E-state index contributed by atoms with van der Waals surface area (Å²) in [4.78, 5) is 28.7. The Bertz CT molecular complexity index is 867. The van der Waals surface area contributed by atoms with E-state index in [0.717, 1.165) is 27.1 Å². The van der Waals surface area contributed by atoms with Crippen LogP contribution in [0.4, 0.5) is 0 Å². The van der Waals surface area contributed by atoms with Gasteiger partial charge in [0, 0.05) is 32.9 Å². The van der Waals surface area contributed by atoms with E-state index in [-0.39, 0.29) is 17.4 Å². The molecule has 0 saturated carbocycles. The van der Waals surface area contributed by atoms with Gasteiger partial charge in [0.05, 0.1) is 0 Å². The van der Waals surface area contributed by atoms with Gasteiger partial charge in [-0.1, -0.05) is 39.7 Å². The smallest absolute Gasteiger partial charge is 0.242 e. The fourth-order valence-electron chi connectivity index (χ4n) is 2.93. The van der Waals surface area contributed by atoms with Crippen LogP contribution in [0.5, 0.6) is 0 Å². The lowest BCUT2D eigenvalue weighted by molar-refractivity contribution is -0.141. The van der Waals surface area contributed by atoms with E-state index >= 15 is 0 Å². The summed E-state index contributed by atoms with van der Waals surface area (Å²) in [5.74, 6) is 0.659. The van der Waals surface area contributed by atoms with Crippen LogP contribution in [0.2, 0.25) is 5.02 Å². The molecule has 0 aromatic heterocycles. The molecule has 7 heteroatoms. The molecule has 0 aliphatic carbocycles. The lowest BCUT2D eigenvalue weighted by Crippen LogP contribution is -2.52. The largest absolute Gasteiger partial charge is 0.350 e. The van der Waals surface area contributed by atoms with Crippen LogP contribution in [0.15, 0.2) is 57.9 Å². The van der Waals surface area contributed by atoms with Gasteiger partial charge in [-0.15, -0.1) is 11.8 Å². The van der Waals surface area contributed by atoms with Gasteiger partial charge in [-0.3, -0.25) is 9.59 Å². The molecule has 2 amide bonds. The zero-order valence-corrected chi connectivity index (χ0v) is 21.6. The number of halogens is 2. The highest BCUT2D eigenvalue weighted by Gasteiger charge is 2.28. The van der Waals surface area contributed by atoms with Crippen LogP contribution in [-0.2, 0) is 16.1 Å². The molecule has 0 unspecified atom stereocenters. The number of nitrogens with zero attached hydrogens (tertiary/aromatic N) is 1. The standard InChI is InChI=1S/C24H30BrClN2O2S/c1-17(23(30)27-24(2,3)4)28(16-18-7-9-19(25)10-8-18)22(29)6-5-15-31-21-13-11-20(26)12-14-21/h7-14,17H,5-6,15-16H2,1-4H3,(H,27,30)/t17-/m1/s1. The second kappa shape index (κ2) is 11.9. The summed E-state index contributed by atoms with van der Waals surface area (Å²) >= 11 is 11.1. The number of carbonyl (C=O) groups is 2. The fourth-order valence-corrected chi connectivity index (χ4v) is 4.17. The molecule has 0 fully saturated rings. The first-order chi connectivity index (χ1) is 14.5. The topological polar surface area (TPSA) is 49.4 Å². The minimum absolute atomic E-state index is 0.0174. The molecule has 168 valence electrons. The summed E-state index contributed by atoms with van der Waals surface area (Å²) in [5.41, 5.74) is 0.634. The third kappa shape index (κ3) is 9.26. The second-order valence-corrected chi connectivity index (χ2v) is 11.0. The Kier molecular flexibility index (Phi) is 9.91. The molecule has 0 saturated heterocycles. The van der Waals surface area contributed by atoms with Crippen molar-refractivity contribution in [3.8, 4) is 0 Å². The average Bonchev–Trinajstić information content (AvgIpc) is 2.70. The monoisotopic (exact) mass is 524 g/mol. The van der Waals surface area contributed by atoms with E-state index in [1.165, 1.54) is 0 Å². The normalized spacial score (nSPS) is 12.3. The minimum Gasteiger partial charge on any atom is -0.350 e. The van der Waals surface area contributed by atoms with Crippen molar-refractivity contribution < 1.29 is 9.59 Å². The third-order valence-corrected chi connectivity index (χ3v) is 6.43. The van der Waals surface area contributed by atoms with E-state index in [4.69, 9.17) is 11.6 Å². The Labute approximate surface area is 203 Å². The second-order valence-electron chi connectivity index (χ2n) is 8.47. The molecular weight excluding hydrogens is 496 g/mol. The number of hydrogen-bond donors (Lipinski definition) is 1. The summed E-state index contributed by atoms with van der Waals surface area (Å²) in [7, 11) is 0. The Morgan fingerprint density at radius 1 is 1.10 bits per heavy atom. The van der Waals surface area contributed by atoms with E-state index in [1.807, 2.05) is 69.3 Å². The van der Waals surface area contributed by atoms with Crippen LogP contribution in [0.3, 0.4) is 0 Å². The molecule has 0 radical (unpaired) electrons. The quantitative estimate of drug-likeness (QED) is 0.308. The molecular formula is C24H30BrClN2O2S. The first-order valence-corrected chi connectivity index (χ1v) is 12.4. The van der Waals surface area contributed by atoms with E-state index < -0.39 is 6.04 Å². The number of nitrogens with one attached hydrogen (secondary N) is 1. The van der Waals surface area contributed by atoms with Crippen LogP contribution >= 0.6 is 39.3 Å². The first-order valence-electron chi connectivity index (χ1n) is 10.3. The first kappa shape index (κ1) is 25.8. The number of rotatable bonds is 9. The number of hydrogen-bond acceptors (Lipinski definition) is 3. The van der Waals surface area contributed by atoms with Crippen molar-refractivity contribution in [1.82, 2.24) is 10.2 Å². The molecule has 1 atom stereocenters. The Hall–Kier alpha value is -1.50. The van der Waals surface area contributed by atoms with E-state index in [1.54, 1.807) is 23.6 Å². The molecule has 31 heavy (non-hydrogen) atoms. The number of amides is 2. The predicted molar refractivity (Wildman–Crippen MR) is 133 cm³/mol.